The van der Waals surface area contributed by atoms with Crippen molar-refractivity contribution in [2.24, 2.45) is 0 Å². The molecule has 1 heterocycles. The van der Waals surface area contributed by atoms with E-state index in [0.717, 1.165) is 5.56 Å². The fourth-order valence-electron chi connectivity index (χ4n) is 2.40. The predicted octanol–water partition coefficient (Wildman–Crippen LogP) is 1.87. The topological polar surface area (TPSA) is 109 Å². The van der Waals surface area contributed by atoms with E-state index in [2.05, 4.69) is 10.6 Å². The molecule has 0 bridgehead atoms. The number of aryl methyl sites for hydroxylation is 1. The minimum Gasteiger partial charge on any atom is -0.478 e. The van der Waals surface area contributed by atoms with Crippen LogP contribution in [0.2, 0.25) is 0 Å². The highest BCUT2D eigenvalue weighted by Gasteiger charge is 2.19. The third-order valence-electron chi connectivity index (χ3n) is 3.70. The molecule has 0 radical (unpaired) electrons. The van der Waals surface area contributed by atoms with Crippen LogP contribution in [0.1, 0.15) is 49.5 Å². The van der Waals surface area contributed by atoms with E-state index in [0.29, 0.717) is 24.9 Å². The van der Waals surface area contributed by atoms with Crippen molar-refractivity contribution >= 4 is 17.8 Å². The Hall–Kier alpha value is -3.09. The third-order valence-corrected chi connectivity index (χ3v) is 3.70. The van der Waals surface area contributed by atoms with Crippen LogP contribution in [0.3, 0.4) is 0 Å². The molecule has 25 heavy (non-hydrogen) atoms. The van der Waals surface area contributed by atoms with Gasteiger partial charge in [0.2, 0.25) is 0 Å². The quantitative estimate of drug-likeness (QED) is 0.710. The summed E-state index contributed by atoms with van der Waals surface area (Å²) in [6.07, 6.45) is 0.922. The second kappa shape index (κ2) is 8.14. The first kappa shape index (κ1) is 18.3. The molecule has 7 heteroatoms. The molecule has 0 saturated carbocycles. The summed E-state index contributed by atoms with van der Waals surface area (Å²) in [4.78, 5) is 34.8. The normalized spacial score (nSPS) is 10.3. The summed E-state index contributed by atoms with van der Waals surface area (Å²) in [5.41, 5.74) is 1.46. The molecule has 0 unspecified atom stereocenters. The maximum Gasteiger partial charge on any atom is 0.339 e. The van der Waals surface area contributed by atoms with Crippen LogP contribution in [0, 0.1) is 0 Å². The van der Waals surface area contributed by atoms with E-state index in [9.17, 15) is 14.4 Å². The number of carboxylic acids is 1. The molecule has 0 aliphatic carbocycles. The minimum absolute atomic E-state index is 0.00549. The van der Waals surface area contributed by atoms with E-state index in [1.807, 2.05) is 6.07 Å². The molecule has 0 aliphatic heterocycles. The maximum absolute atomic E-state index is 12.1. The van der Waals surface area contributed by atoms with Crippen molar-refractivity contribution in [1.29, 1.82) is 0 Å². The zero-order valence-electron chi connectivity index (χ0n) is 14.1. The molecule has 2 amide bonds. The summed E-state index contributed by atoms with van der Waals surface area (Å²) >= 11 is 0. The average Bonchev–Trinajstić information content (AvgIpc) is 3.06. The summed E-state index contributed by atoms with van der Waals surface area (Å²) in [5, 5.41) is 14.3. The van der Waals surface area contributed by atoms with Crippen LogP contribution in [-0.4, -0.2) is 36.5 Å². The molecule has 1 aromatic carbocycles. The maximum atomic E-state index is 12.1. The molecule has 0 aliphatic rings. The lowest BCUT2D eigenvalue weighted by molar-refractivity contribution is 0.0693. The highest BCUT2D eigenvalue weighted by molar-refractivity contribution is 5.96. The molecule has 0 saturated heterocycles. The van der Waals surface area contributed by atoms with E-state index in [-0.39, 0.29) is 23.0 Å². The van der Waals surface area contributed by atoms with Crippen molar-refractivity contribution in [3.05, 3.63) is 58.5 Å². The molecule has 0 atom stereocenters. The van der Waals surface area contributed by atoms with Gasteiger partial charge in [-0.15, -0.1) is 0 Å². The monoisotopic (exact) mass is 344 g/mol. The molecule has 0 fully saturated rings. The zero-order valence-corrected chi connectivity index (χ0v) is 14.1. The van der Waals surface area contributed by atoms with Crippen molar-refractivity contribution in [2.45, 2.75) is 19.8 Å². The number of nitrogens with one attached hydrogen (secondary N) is 2. The molecular formula is C18H20N2O5. The van der Waals surface area contributed by atoms with Gasteiger partial charge >= 0.3 is 5.97 Å². The Morgan fingerprint density at radius 1 is 1.16 bits per heavy atom. The van der Waals surface area contributed by atoms with Crippen molar-refractivity contribution in [1.82, 2.24) is 10.6 Å². The first-order valence-corrected chi connectivity index (χ1v) is 7.91. The number of hydrogen-bond acceptors (Lipinski definition) is 4. The number of amides is 2. The van der Waals surface area contributed by atoms with Crippen LogP contribution in [0.5, 0.6) is 0 Å². The number of furan rings is 1. The van der Waals surface area contributed by atoms with E-state index >= 15 is 0 Å². The van der Waals surface area contributed by atoms with Crippen LogP contribution in [0.15, 0.2) is 34.7 Å². The van der Waals surface area contributed by atoms with Gasteiger partial charge in [-0.2, -0.15) is 0 Å². The Bertz CT molecular complexity index is 795. The molecule has 7 nitrogen and oxygen atoms in total. The summed E-state index contributed by atoms with van der Waals surface area (Å²) in [6.45, 7) is 2.09. The number of hydrogen-bond donors (Lipinski definition) is 3. The highest BCUT2D eigenvalue weighted by atomic mass is 16.4. The second-order valence-corrected chi connectivity index (χ2v) is 5.39. The predicted molar refractivity (Wildman–Crippen MR) is 90.9 cm³/mol. The fourth-order valence-corrected chi connectivity index (χ4v) is 2.40. The first-order chi connectivity index (χ1) is 12.0. The van der Waals surface area contributed by atoms with E-state index in [1.165, 1.54) is 6.07 Å². The Morgan fingerprint density at radius 2 is 1.92 bits per heavy atom. The number of carboxylic acid groups (broad SMARTS) is 1. The SMILES string of the molecule is CCc1oc(C(=O)NCCc2cccc(C(=O)NC)c2)cc1C(=O)O. The lowest BCUT2D eigenvalue weighted by atomic mass is 10.1. The number of benzene rings is 1. The average molecular weight is 344 g/mol. The zero-order chi connectivity index (χ0) is 18.4. The Kier molecular flexibility index (Phi) is 5.94. The number of carbonyl (C=O) groups is 3. The number of rotatable bonds is 7. The first-order valence-electron chi connectivity index (χ1n) is 7.91. The molecular weight excluding hydrogens is 324 g/mol. The van der Waals surface area contributed by atoms with Gasteiger partial charge in [-0.25, -0.2) is 4.79 Å². The Labute approximate surface area is 145 Å². The number of aromatic carboxylic acids is 1. The van der Waals surface area contributed by atoms with Crippen LogP contribution < -0.4 is 10.6 Å². The Balaban J connectivity index is 1.97. The minimum atomic E-state index is -1.12. The molecule has 2 aromatic rings. The van der Waals surface area contributed by atoms with Crippen molar-refractivity contribution < 1.29 is 23.9 Å². The van der Waals surface area contributed by atoms with Gasteiger partial charge in [0, 0.05) is 31.6 Å². The molecule has 132 valence electrons. The largest absolute Gasteiger partial charge is 0.478 e. The van der Waals surface area contributed by atoms with Gasteiger partial charge in [-0.05, 0) is 24.1 Å². The van der Waals surface area contributed by atoms with E-state index in [1.54, 1.807) is 32.2 Å². The molecule has 3 N–H and O–H groups in total. The van der Waals surface area contributed by atoms with Gasteiger partial charge in [0.1, 0.15) is 11.3 Å². The van der Waals surface area contributed by atoms with Crippen molar-refractivity contribution in [3.63, 3.8) is 0 Å². The smallest absolute Gasteiger partial charge is 0.339 e. The fraction of sp³-hybridized carbons (Fsp3) is 0.278. The van der Waals surface area contributed by atoms with Crippen molar-refractivity contribution in [3.8, 4) is 0 Å². The van der Waals surface area contributed by atoms with Crippen LogP contribution in [0.4, 0.5) is 0 Å². The van der Waals surface area contributed by atoms with E-state index in [4.69, 9.17) is 9.52 Å². The van der Waals surface area contributed by atoms with Crippen LogP contribution in [0.25, 0.3) is 0 Å². The van der Waals surface area contributed by atoms with E-state index < -0.39 is 11.9 Å². The lowest BCUT2D eigenvalue weighted by Crippen LogP contribution is -2.25. The molecule has 0 spiro atoms. The Morgan fingerprint density at radius 3 is 2.52 bits per heavy atom. The van der Waals surface area contributed by atoms with Gasteiger partial charge in [0.05, 0.1) is 0 Å². The number of carbonyl (C=O) groups excluding carboxylic acids is 2. The van der Waals surface area contributed by atoms with Gasteiger partial charge in [0.15, 0.2) is 5.76 Å². The summed E-state index contributed by atoms with van der Waals surface area (Å²) in [7, 11) is 1.56. The standard InChI is InChI=1S/C18H20N2O5/c1-3-14-13(18(23)24)10-15(25-14)17(22)20-8-7-11-5-4-6-12(9-11)16(21)19-2/h4-6,9-10H,3,7-8H2,1-2H3,(H,19,21)(H,20,22)(H,23,24). The summed E-state index contributed by atoms with van der Waals surface area (Å²) < 4.78 is 5.31. The lowest BCUT2D eigenvalue weighted by Gasteiger charge is -2.06. The highest BCUT2D eigenvalue weighted by Crippen LogP contribution is 2.16. The third kappa shape index (κ3) is 4.47. The molecule has 2 rings (SSSR count). The second-order valence-electron chi connectivity index (χ2n) is 5.39. The van der Waals surface area contributed by atoms with Gasteiger partial charge in [-0.1, -0.05) is 19.1 Å². The van der Waals surface area contributed by atoms with Gasteiger partial charge in [0.25, 0.3) is 11.8 Å². The summed E-state index contributed by atoms with van der Waals surface area (Å²) in [5.74, 6) is -1.51. The summed E-state index contributed by atoms with van der Waals surface area (Å²) in [6, 6.07) is 8.35. The molecule has 1 aromatic heterocycles. The van der Waals surface area contributed by atoms with Crippen molar-refractivity contribution in [2.75, 3.05) is 13.6 Å². The van der Waals surface area contributed by atoms with Crippen LogP contribution >= 0.6 is 0 Å². The van der Waals surface area contributed by atoms with Gasteiger partial charge < -0.3 is 20.2 Å². The van der Waals surface area contributed by atoms with Gasteiger partial charge in [-0.3, -0.25) is 9.59 Å². The van der Waals surface area contributed by atoms with Crippen LogP contribution in [-0.2, 0) is 12.8 Å².